The molecule has 1 unspecified atom stereocenters. The number of para-hydroxylation sites is 1. The van der Waals surface area contributed by atoms with Crippen molar-refractivity contribution in [3.63, 3.8) is 0 Å². The largest absolute Gasteiger partial charge is 0.491 e. The molecule has 0 fully saturated rings. The van der Waals surface area contributed by atoms with Crippen molar-refractivity contribution in [2.45, 2.75) is 18.3 Å². The summed E-state index contributed by atoms with van der Waals surface area (Å²) < 4.78 is 28.9. The van der Waals surface area contributed by atoms with Crippen molar-refractivity contribution < 1.29 is 28.5 Å². The van der Waals surface area contributed by atoms with Gasteiger partial charge in [0, 0.05) is 23.7 Å². The van der Waals surface area contributed by atoms with E-state index in [9.17, 15) is 4.79 Å². The summed E-state index contributed by atoms with van der Waals surface area (Å²) >= 11 is 0. The normalized spacial score (nSPS) is 24.4. The number of carbonyl (C=O) groups is 1. The molecule has 0 radical (unpaired) electrons. The van der Waals surface area contributed by atoms with E-state index in [0.717, 1.165) is 46.7 Å². The first-order valence-electron chi connectivity index (χ1n) is 10.9. The molecule has 2 aromatic rings. The Hall–Kier alpha value is -3.61. The molecule has 1 atom stereocenters. The summed E-state index contributed by atoms with van der Waals surface area (Å²) in [5.74, 6) is 3.69. The van der Waals surface area contributed by atoms with Gasteiger partial charge in [0.25, 0.3) is 0 Å². The number of anilines is 1. The molecule has 0 bridgehead atoms. The number of allylic oxidation sites excluding steroid dienone is 2. The van der Waals surface area contributed by atoms with Crippen LogP contribution in [0.3, 0.4) is 0 Å². The molecular weight excluding hydrogens is 410 g/mol. The Morgan fingerprint density at radius 1 is 0.938 bits per heavy atom. The molecular formula is C25H21NO6. The second kappa shape index (κ2) is 6.45. The van der Waals surface area contributed by atoms with Crippen molar-refractivity contribution in [2.75, 3.05) is 38.1 Å². The minimum absolute atomic E-state index is 0.00144. The Morgan fingerprint density at radius 2 is 1.81 bits per heavy atom. The standard InChI is InChI=1S/C25H21NO6/c27-24-25(13-30-20-10-23-22(9-17(20)25)31-14-32-23)16-4-1-2-5-18(16)26(24)11-15-8-21-19(29-12-15)6-3-7-28-21/h1-2,4-5,8-10H,3,6-7,11-14H2. The van der Waals surface area contributed by atoms with Crippen LogP contribution in [0.4, 0.5) is 5.69 Å². The number of carbonyl (C=O) groups excluding carboxylic acids is 1. The molecule has 1 amide bonds. The van der Waals surface area contributed by atoms with Gasteiger partial charge < -0.3 is 28.6 Å². The van der Waals surface area contributed by atoms with Gasteiger partial charge in [-0.2, -0.15) is 0 Å². The first kappa shape index (κ1) is 18.0. The Balaban J connectivity index is 1.31. The number of nitrogens with zero attached hydrogens (tertiary/aromatic N) is 1. The zero-order valence-corrected chi connectivity index (χ0v) is 17.4. The van der Waals surface area contributed by atoms with Crippen molar-refractivity contribution in [1.82, 2.24) is 0 Å². The first-order chi connectivity index (χ1) is 15.7. The number of fused-ring (bicyclic) bond motifs is 5. The Bertz CT molecular complexity index is 1230. The molecule has 7 rings (SSSR count). The summed E-state index contributed by atoms with van der Waals surface area (Å²) in [6.45, 7) is 2.04. The number of hydrogen-bond acceptors (Lipinski definition) is 6. The molecule has 2 aromatic carbocycles. The van der Waals surface area contributed by atoms with Gasteiger partial charge in [-0.15, -0.1) is 0 Å². The molecule has 0 saturated heterocycles. The van der Waals surface area contributed by atoms with E-state index in [1.165, 1.54) is 0 Å². The molecule has 0 saturated carbocycles. The van der Waals surface area contributed by atoms with Gasteiger partial charge in [0.2, 0.25) is 12.7 Å². The van der Waals surface area contributed by atoms with Crippen LogP contribution in [0.25, 0.3) is 0 Å². The molecule has 0 aromatic heterocycles. The summed E-state index contributed by atoms with van der Waals surface area (Å²) in [7, 11) is 0. The van der Waals surface area contributed by atoms with Gasteiger partial charge in [-0.3, -0.25) is 4.79 Å². The predicted molar refractivity (Wildman–Crippen MR) is 114 cm³/mol. The van der Waals surface area contributed by atoms with Crippen LogP contribution in [0.1, 0.15) is 24.0 Å². The van der Waals surface area contributed by atoms with Crippen LogP contribution in [-0.2, 0) is 19.7 Å². The Labute approximate surface area is 184 Å². The van der Waals surface area contributed by atoms with E-state index in [4.69, 9.17) is 23.7 Å². The lowest BCUT2D eigenvalue weighted by molar-refractivity contribution is -0.122. The molecule has 32 heavy (non-hydrogen) atoms. The van der Waals surface area contributed by atoms with Crippen molar-refractivity contribution in [1.29, 1.82) is 0 Å². The Morgan fingerprint density at radius 3 is 2.75 bits per heavy atom. The van der Waals surface area contributed by atoms with Crippen LogP contribution in [0, 0.1) is 0 Å². The van der Waals surface area contributed by atoms with Crippen molar-refractivity contribution >= 4 is 11.6 Å². The maximum Gasteiger partial charge on any atom is 0.246 e. The Kier molecular flexibility index (Phi) is 3.63. The highest BCUT2D eigenvalue weighted by Gasteiger charge is 2.57. The van der Waals surface area contributed by atoms with E-state index in [0.29, 0.717) is 37.0 Å². The van der Waals surface area contributed by atoms with Gasteiger partial charge in [-0.1, -0.05) is 18.2 Å². The lowest BCUT2D eigenvalue weighted by Crippen LogP contribution is -2.43. The molecule has 1 spiro atoms. The minimum Gasteiger partial charge on any atom is -0.491 e. The van der Waals surface area contributed by atoms with Crippen molar-refractivity contribution in [3.05, 3.63) is 70.7 Å². The minimum atomic E-state index is -0.894. The fraction of sp³-hybridized carbons (Fsp3) is 0.320. The van der Waals surface area contributed by atoms with Crippen LogP contribution < -0.4 is 19.1 Å². The van der Waals surface area contributed by atoms with Crippen LogP contribution >= 0.6 is 0 Å². The maximum absolute atomic E-state index is 14.1. The van der Waals surface area contributed by atoms with Crippen LogP contribution in [0.2, 0.25) is 0 Å². The number of hydrogen-bond donors (Lipinski definition) is 0. The SMILES string of the molecule is O=C1N(CC2=CC3=C(CCCO3)OC2)c2ccccc2C12COc1cc3c(cc12)OCO3. The van der Waals surface area contributed by atoms with Gasteiger partial charge in [-0.25, -0.2) is 0 Å². The maximum atomic E-state index is 14.1. The fourth-order valence-electron chi connectivity index (χ4n) is 5.31. The molecule has 7 heteroatoms. The third-order valence-electron chi connectivity index (χ3n) is 6.85. The summed E-state index contributed by atoms with van der Waals surface area (Å²) in [5.41, 5.74) is 2.80. The predicted octanol–water partition coefficient (Wildman–Crippen LogP) is 3.42. The van der Waals surface area contributed by atoms with E-state index in [1.54, 1.807) is 0 Å². The topological polar surface area (TPSA) is 66.5 Å². The number of ether oxygens (including phenoxy) is 5. The third-order valence-corrected chi connectivity index (χ3v) is 6.85. The lowest BCUT2D eigenvalue weighted by Gasteiger charge is -2.28. The zero-order chi connectivity index (χ0) is 21.3. The van der Waals surface area contributed by atoms with E-state index < -0.39 is 5.41 Å². The van der Waals surface area contributed by atoms with Gasteiger partial charge in [-0.05, 0) is 35.8 Å². The molecule has 5 aliphatic heterocycles. The summed E-state index contributed by atoms with van der Waals surface area (Å²) in [6.07, 6.45) is 3.91. The highest BCUT2D eigenvalue weighted by Crippen LogP contribution is 2.55. The second-order valence-corrected chi connectivity index (χ2v) is 8.63. The van der Waals surface area contributed by atoms with Crippen LogP contribution in [0.15, 0.2) is 59.6 Å². The highest BCUT2D eigenvalue weighted by atomic mass is 16.7. The van der Waals surface area contributed by atoms with Crippen LogP contribution in [-0.4, -0.2) is 39.1 Å². The summed E-state index contributed by atoms with van der Waals surface area (Å²) in [5, 5.41) is 0. The monoisotopic (exact) mass is 431 g/mol. The number of benzene rings is 2. The van der Waals surface area contributed by atoms with Gasteiger partial charge >= 0.3 is 0 Å². The highest BCUT2D eigenvalue weighted by molar-refractivity contribution is 6.11. The van der Waals surface area contributed by atoms with Crippen molar-refractivity contribution in [3.8, 4) is 17.2 Å². The van der Waals surface area contributed by atoms with Crippen LogP contribution in [0.5, 0.6) is 17.2 Å². The fourth-order valence-corrected chi connectivity index (χ4v) is 5.31. The van der Waals surface area contributed by atoms with E-state index in [2.05, 4.69) is 0 Å². The number of amides is 1. The summed E-state index contributed by atoms with van der Waals surface area (Å²) in [4.78, 5) is 15.9. The molecule has 7 nitrogen and oxygen atoms in total. The third kappa shape index (κ3) is 2.33. The molecule has 0 aliphatic carbocycles. The van der Waals surface area contributed by atoms with Crippen molar-refractivity contribution in [2.24, 2.45) is 0 Å². The smallest absolute Gasteiger partial charge is 0.246 e. The zero-order valence-electron chi connectivity index (χ0n) is 17.4. The van der Waals surface area contributed by atoms with E-state index in [1.807, 2.05) is 47.4 Å². The molecule has 5 heterocycles. The molecule has 0 N–H and O–H groups in total. The van der Waals surface area contributed by atoms with E-state index >= 15 is 0 Å². The second-order valence-electron chi connectivity index (χ2n) is 8.63. The first-order valence-corrected chi connectivity index (χ1v) is 10.9. The lowest BCUT2D eigenvalue weighted by atomic mass is 9.77. The van der Waals surface area contributed by atoms with Gasteiger partial charge in [0.1, 0.15) is 30.1 Å². The molecule has 5 aliphatic rings. The average molecular weight is 431 g/mol. The van der Waals surface area contributed by atoms with Gasteiger partial charge in [0.15, 0.2) is 17.3 Å². The summed E-state index contributed by atoms with van der Waals surface area (Å²) in [6, 6.07) is 11.7. The van der Waals surface area contributed by atoms with Gasteiger partial charge in [0.05, 0.1) is 13.2 Å². The molecule has 162 valence electrons. The average Bonchev–Trinajstić information content (AvgIpc) is 3.50. The van der Waals surface area contributed by atoms with E-state index in [-0.39, 0.29) is 19.3 Å². The quantitative estimate of drug-likeness (QED) is 0.726. The number of rotatable bonds is 2.